The minimum atomic E-state index is -0.0210. The Kier molecular flexibility index (Phi) is 4.79. The van der Waals surface area contributed by atoms with E-state index in [0.717, 1.165) is 30.8 Å². The number of hydrogen-bond acceptors (Lipinski definition) is 4. The molecule has 0 bridgehead atoms. The van der Waals surface area contributed by atoms with Crippen molar-refractivity contribution in [1.29, 1.82) is 0 Å². The van der Waals surface area contributed by atoms with Crippen molar-refractivity contribution in [2.45, 2.75) is 33.6 Å². The van der Waals surface area contributed by atoms with Crippen LogP contribution in [-0.4, -0.2) is 34.1 Å². The third-order valence-electron chi connectivity index (χ3n) is 4.48. The highest BCUT2D eigenvalue weighted by atomic mass is 16.2. The van der Waals surface area contributed by atoms with E-state index in [9.17, 15) is 4.79 Å². The summed E-state index contributed by atoms with van der Waals surface area (Å²) in [4.78, 5) is 14.4. The highest BCUT2D eigenvalue weighted by Gasteiger charge is 2.23. The first-order chi connectivity index (χ1) is 11.5. The Morgan fingerprint density at radius 3 is 2.75 bits per heavy atom. The van der Waals surface area contributed by atoms with Crippen molar-refractivity contribution in [2.24, 2.45) is 5.92 Å². The monoisotopic (exact) mass is 324 g/mol. The third kappa shape index (κ3) is 3.72. The molecule has 24 heavy (non-hydrogen) atoms. The molecule has 1 N–H and O–H groups in total. The standard InChI is InChI=1S/C19H24N4O/c1-13-6-7-15(3)17(11-13)20-18-9-8-16(21-22-18)19(24)23-10-4-5-14(2)12-23/h6-9,11,14H,4-5,10,12H2,1-3H3,(H,20,22). The molecule has 126 valence electrons. The average Bonchev–Trinajstić information content (AvgIpc) is 2.58. The van der Waals surface area contributed by atoms with E-state index in [-0.39, 0.29) is 5.91 Å². The van der Waals surface area contributed by atoms with Gasteiger partial charge in [0.15, 0.2) is 11.5 Å². The van der Waals surface area contributed by atoms with Crippen molar-refractivity contribution in [3.05, 3.63) is 47.2 Å². The van der Waals surface area contributed by atoms with Gasteiger partial charge in [0, 0.05) is 18.8 Å². The number of carbonyl (C=O) groups excluding carboxylic acids is 1. The quantitative estimate of drug-likeness (QED) is 0.935. The lowest BCUT2D eigenvalue weighted by molar-refractivity contribution is 0.0676. The normalized spacial score (nSPS) is 17.6. The van der Waals surface area contributed by atoms with Crippen LogP contribution < -0.4 is 5.32 Å². The molecule has 0 aliphatic carbocycles. The van der Waals surface area contributed by atoms with Crippen LogP contribution in [0.4, 0.5) is 11.5 Å². The zero-order chi connectivity index (χ0) is 17.1. The summed E-state index contributed by atoms with van der Waals surface area (Å²) in [6.45, 7) is 7.90. The van der Waals surface area contributed by atoms with Gasteiger partial charge in [-0.15, -0.1) is 10.2 Å². The van der Waals surface area contributed by atoms with Crippen LogP contribution >= 0.6 is 0 Å². The molecular formula is C19H24N4O. The lowest BCUT2D eigenvalue weighted by Crippen LogP contribution is -2.39. The Bertz CT molecular complexity index is 727. The van der Waals surface area contributed by atoms with E-state index >= 15 is 0 Å². The number of nitrogens with zero attached hydrogens (tertiary/aromatic N) is 3. The predicted octanol–water partition coefficient (Wildman–Crippen LogP) is 3.71. The molecule has 1 aliphatic heterocycles. The van der Waals surface area contributed by atoms with Gasteiger partial charge in [-0.3, -0.25) is 4.79 Å². The Morgan fingerprint density at radius 2 is 2.04 bits per heavy atom. The van der Waals surface area contributed by atoms with E-state index in [1.54, 1.807) is 6.07 Å². The number of hydrogen-bond donors (Lipinski definition) is 1. The maximum absolute atomic E-state index is 12.5. The first-order valence-corrected chi connectivity index (χ1v) is 8.50. The van der Waals surface area contributed by atoms with Crippen LogP contribution in [0.1, 0.15) is 41.4 Å². The fourth-order valence-electron chi connectivity index (χ4n) is 3.06. The second kappa shape index (κ2) is 6.99. The smallest absolute Gasteiger partial charge is 0.274 e. The number of aromatic nitrogens is 2. The van der Waals surface area contributed by atoms with Gasteiger partial charge in [0.1, 0.15) is 0 Å². The Balaban J connectivity index is 1.71. The second-order valence-electron chi connectivity index (χ2n) is 6.75. The van der Waals surface area contributed by atoms with Gasteiger partial charge < -0.3 is 10.2 Å². The van der Waals surface area contributed by atoms with Gasteiger partial charge in [0.25, 0.3) is 5.91 Å². The van der Waals surface area contributed by atoms with E-state index in [1.165, 1.54) is 12.0 Å². The molecule has 3 rings (SSSR count). The molecule has 1 aliphatic rings. The second-order valence-corrected chi connectivity index (χ2v) is 6.75. The number of benzene rings is 1. The SMILES string of the molecule is Cc1ccc(C)c(Nc2ccc(C(=O)N3CCCC(C)C3)nn2)c1. The van der Waals surface area contributed by atoms with E-state index in [0.29, 0.717) is 17.4 Å². The number of carbonyl (C=O) groups is 1. The third-order valence-corrected chi connectivity index (χ3v) is 4.48. The van der Waals surface area contributed by atoms with Crippen LogP contribution in [0.25, 0.3) is 0 Å². The van der Waals surface area contributed by atoms with Crippen molar-refractivity contribution in [3.63, 3.8) is 0 Å². The molecule has 0 spiro atoms. The van der Waals surface area contributed by atoms with Gasteiger partial charge in [-0.1, -0.05) is 19.1 Å². The van der Waals surface area contributed by atoms with E-state index in [2.05, 4.69) is 47.6 Å². The van der Waals surface area contributed by atoms with Gasteiger partial charge in [0.05, 0.1) is 0 Å². The number of rotatable bonds is 3. The van der Waals surface area contributed by atoms with Crippen LogP contribution in [0, 0.1) is 19.8 Å². The van der Waals surface area contributed by atoms with Gasteiger partial charge in [0.2, 0.25) is 0 Å². The average molecular weight is 324 g/mol. The fourth-order valence-corrected chi connectivity index (χ4v) is 3.06. The Labute approximate surface area is 143 Å². The molecule has 0 saturated carbocycles. The summed E-state index contributed by atoms with van der Waals surface area (Å²) in [6, 6.07) is 9.79. The van der Waals surface area contributed by atoms with Crippen LogP contribution in [0.5, 0.6) is 0 Å². The summed E-state index contributed by atoms with van der Waals surface area (Å²) in [6.07, 6.45) is 2.25. The topological polar surface area (TPSA) is 58.1 Å². The first-order valence-electron chi connectivity index (χ1n) is 8.50. The molecular weight excluding hydrogens is 300 g/mol. The van der Waals surface area contributed by atoms with Crippen molar-refractivity contribution in [1.82, 2.24) is 15.1 Å². The summed E-state index contributed by atoms with van der Waals surface area (Å²) in [5.74, 6) is 1.18. The molecule has 2 aromatic rings. The minimum Gasteiger partial charge on any atom is -0.339 e. The summed E-state index contributed by atoms with van der Waals surface area (Å²) in [7, 11) is 0. The molecule has 1 atom stereocenters. The summed E-state index contributed by atoms with van der Waals surface area (Å²) in [5, 5.41) is 11.6. The lowest BCUT2D eigenvalue weighted by atomic mass is 10.00. The molecule has 1 amide bonds. The molecule has 0 radical (unpaired) electrons. The highest BCUT2D eigenvalue weighted by molar-refractivity contribution is 5.92. The first kappa shape index (κ1) is 16.4. The van der Waals surface area contributed by atoms with Crippen molar-refractivity contribution < 1.29 is 4.79 Å². The van der Waals surface area contributed by atoms with Crippen molar-refractivity contribution in [3.8, 4) is 0 Å². The van der Waals surface area contributed by atoms with E-state index < -0.39 is 0 Å². The molecule has 1 aromatic heterocycles. The van der Waals surface area contributed by atoms with Gasteiger partial charge in [-0.25, -0.2) is 0 Å². The number of piperidine rings is 1. The number of nitrogens with one attached hydrogen (secondary N) is 1. The molecule has 1 unspecified atom stereocenters. The highest BCUT2D eigenvalue weighted by Crippen LogP contribution is 2.21. The largest absolute Gasteiger partial charge is 0.339 e. The lowest BCUT2D eigenvalue weighted by Gasteiger charge is -2.30. The molecule has 5 heteroatoms. The van der Waals surface area contributed by atoms with Crippen molar-refractivity contribution >= 4 is 17.4 Å². The number of anilines is 2. The molecule has 2 heterocycles. The summed E-state index contributed by atoms with van der Waals surface area (Å²) < 4.78 is 0. The molecule has 1 fully saturated rings. The molecule has 1 aromatic carbocycles. The maximum atomic E-state index is 12.5. The minimum absolute atomic E-state index is 0.0210. The number of likely N-dealkylation sites (tertiary alicyclic amines) is 1. The maximum Gasteiger partial charge on any atom is 0.274 e. The zero-order valence-electron chi connectivity index (χ0n) is 14.5. The van der Waals surface area contributed by atoms with E-state index in [4.69, 9.17) is 0 Å². The zero-order valence-corrected chi connectivity index (χ0v) is 14.5. The Hall–Kier alpha value is -2.43. The van der Waals surface area contributed by atoms with Crippen LogP contribution in [0.15, 0.2) is 30.3 Å². The van der Waals surface area contributed by atoms with Crippen LogP contribution in [0.3, 0.4) is 0 Å². The summed E-state index contributed by atoms with van der Waals surface area (Å²) in [5.41, 5.74) is 3.75. The van der Waals surface area contributed by atoms with Crippen molar-refractivity contribution in [2.75, 3.05) is 18.4 Å². The van der Waals surface area contributed by atoms with Gasteiger partial charge >= 0.3 is 0 Å². The summed E-state index contributed by atoms with van der Waals surface area (Å²) >= 11 is 0. The number of aryl methyl sites for hydroxylation is 2. The van der Waals surface area contributed by atoms with Crippen LogP contribution in [-0.2, 0) is 0 Å². The van der Waals surface area contributed by atoms with E-state index in [1.807, 2.05) is 17.9 Å². The molecule has 1 saturated heterocycles. The number of amides is 1. The van der Waals surface area contributed by atoms with Gasteiger partial charge in [-0.2, -0.15) is 0 Å². The predicted molar refractivity (Wildman–Crippen MR) is 95.5 cm³/mol. The van der Waals surface area contributed by atoms with Gasteiger partial charge in [-0.05, 0) is 61.9 Å². The fraction of sp³-hybridized carbons (Fsp3) is 0.421. The Morgan fingerprint density at radius 1 is 1.21 bits per heavy atom. The van der Waals surface area contributed by atoms with Crippen LogP contribution in [0.2, 0.25) is 0 Å². The molecule has 5 nitrogen and oxygen atoms in total.